The molecule has 5 heteroatoms. The van der Waals surface area contributed by atoms with Gasteiger partial charge in [0.2, 0.25) is 5.91 Å². The number of benzene rings is 1. The van der Waals surface area contributed by atoms with Gasteiger partial charge in [0.25, 0.3) is 0 Å². The van der Waals surface area contributed by atoms with E-state index < -0.39 is 0 Å². The van der Waals surface area contributed by atoms with Crippen LogP contribution < -0.4 is 10.2 Å². The van der Waals surface area contributed by atoms with Gasteiger partial charge in [0, 0.05) is 12.1 Å². The molecule has 1 atom stereocenters. The molecule has 1 N–H and O–H groups in total. The van der Waals surface area contributed by atoms with Crippen LogP contribution in [0.3, 0.4) is 0 Å². The van der Waals surface area contributed by atoms with Crippen molar-refractivity contribution in [1.82, 2.24) is 0 Å². The summed E-state index contributed by atoms with van der Waals surface area (Å²) in [5, 5.41) is 2.70. The Morgan fingerprint density at radius 3 is 2.94 bits per heavy atom. The molecule has 1 aliphatic rings. The molecule has 0 spiro atoms. The molecule has 0 aromatic heterocycles. The molecule has 1 amide bonds. The third-order valence-electron chi connectivity index (χ3n) is 3.06. The summed E-state index contributed by atoms with van der Waals surface area (Å²) in [4.78, 5) is 13.6. The molecule has 1 heterocycles. The van der Waals surface area contributed by atoms with Crippen LogP contribution in [0.15, 0.2) is 16.6 Å². The van der Waals surface area contributed by atoms with Gasteiger partial charge in [-0.2, -0.15) is 0 Å². The Morgan fingerprint density at radius 1 is 1.59 bits per heavy atom. The van der Waals surface area contributed by atoms with Gasteiger partial charge in [0.15, 0.2) is 0 Å². The summed E-state index contributed by atoms with van der Waals surface area (Å²) in [7, 11) is 0. The van der Waals surface area contributed by atoms with Gasteiger partial charge >= 0.3 is 0 Å². The van der Waals surface area contributed by atoms with Crippen molar-refractivity contribution >= 4 is 33.2 Å². The lowest BCUT2D eigenvalue weighted by Gasteiger charge is -2.35. The molecule has 3 nitrogen and oxygen atoms in total. The molecule has 1 aromatic carbocycles. The quantitative estimate of drug-likeness (QED) is 0.910. The molecular formula is C12H14BrFN2O. The van der Waals surface area contributed by atoms with Crippen molar-refractivity contribution in [2.45, 2.75) is 26.3 Å². The van der Waals surface area contributed by atoms with E-state index in [1.165, 1.54) is 6.07 Å². The largest absolute Gasteiger partial charge is 0.358 e. The van der Waals surface area contributed by atoms with Crippen molar-refractivity contribution < 1.29 is 9.18 Å². The molecule has 0 aliphatic carbocycles. The number of fused-ring (bicyclic) bond motifs is 1. The topological polar surface area (TPSA) is 32.3 Å². The molecule has 2 rings (SSSR count). The van der Waals surface area contributed by atoms with Crippen molar-refractivity contribution in [3.8, 4) is 0 Å². The normalized spacial score (nSPS) is 16.5. The summed E-state index contributed by atoms with van der Waals surface area (Å²) in [6.45, 7) is 4.44. The summed E-state index contributed by atoms with van der Waals surface area (Å²) in [5.41, 5.74) is 1.41. The van der Waals surface area contributed by atoms with Crippen molar-refractivity contribution in [3.05, 3.63) is 22.4 Å². The van der Waals surface area contributed by atoms with Gasteiger partial charge in [-0.25, -0.2) is 4.39 Å². The fourth-order valence-corrected chi connectivity index (χ4v) is 2.25. The summed E-state index contributed by atoms with van der Waals surface area (Å²) >= 11 is 3.17. The number of anilines is 2. The fourth-order valence-electron chi connectivity index (χ4n) is 1.92. The Morgan fingerprint density at radius 2 is 2.29 bits per heavy atom. The molecule has 0 saturated heterocycles. The summed E-state index contributed by atoms with van der Waals surface area (Å²) in [6, 6.07) is 3.32. The van der Waals surface area contributed by atoms with Gasteiger partial charge in [-0.05, 0) is 35.3 Å². The van der Waals surface area contributed by atoms with Gasteiger partial charge < -0.3 is 10.2 Å². The smallest absolute Gasteiger partial charge is 0.243 e. The van der Waals surface area contributed by atoms with Gasteiger partial charge in [-0.3, -0.25) is 4.79 Å². The molecule has 0 radical (unpaired) electrons. The fraction of sp³-hybridized carbons (Fsp3) is 0.417. The Kier molecular flexibility index (Phi) is 3.38. The molecule has 92 valence electrons. The number of amides is 1. The summed E-state index contributed by atoms with van der Waals surface area (Å²) < 4.78 is 13.8. The van der Waals surface area contributed by atoms with E-state index in [4.69, 9.17) is 0 Å². The van der Waals surface area contributed by atoms with Gasteiger partial charge in [0.05, 0.1) is 22.4 Å². The second kappa shape index (κ2) is 4.64. The number of carbonyl (C=O) groups is 1. The predicted octanol–water partition coefficient (Wildman–Crippen LogP) is 3.15. The van der Waals surface area contributed by atoms with Gasteiger partial charge in [0.1, 0.15) is 5.82 Å². The number of hydrogen-bond acceptors (Lipinski definition) is 2. The summed E-state index contributed by atoms with van der Waals surface area (Å²) in [6.07, 6.45) is 0.932. The first-order valence-electron chi connectivity index (χ1n) is 5.58. The number of halogens is 2. The molecule has 1 aromatic rings. The maximum Gasteiger partial charge on any atom is 0.243 e. The summed E-state index contributed by atoms with van der Waals surface area (Å²) in [5.74, 6) is -0.463. The van der Waals surface area contributed by atoms with Crippen LogP contribution in [-0.4, -0.2) is 18.5 Å². The van der Waals surface area contributed by atoms with Gasteiger partial charge in [-0.1, -0.05) is 6.92 Å². The zero-order valence-corrected chi connectivity index (χ0v) is 11.3. The van der Waals surface area contributed by atoms with E-state index in [2.05, 4.69) is 35.1 Å². The first-order chi connectivity index (χ1) is 8.02. The molecule has 0 fully saturated rings. The first-order valence-corrected chi connectivity index (χ1v) is 6.37. The van der Waals surface area contributed by atoms with Gasteiger partial charge in [-0.15, -0.1) is 0 Å². The second-order valence-electron chi connectivity index (χ2n) is 4.22. The van der Waals surface area contributed by atoms with Crippen LogP contribution in [0.2, 0.25) is 0 Å². The first kappa shape index (κ1) is 12.4. The minimum absolute atomic E-state index is 0.0977. The van der Waals surface area contributed by atoms with Crippen molar-refractivity contribution in [2.75, 3.05) is 16.8 Å². The third kappa shape index (κ3) is 2.29. The molecule has 17 heavy (non-hydrogen) atoms. The lowest BCUT2D eigenvalue weighted by molar-refractivity contribution is -0.115. The van der Waals surface area contributed by atoms with Crippen LogP contribution in [0.5, 0.6) is 0 Å². The van der Waals surface area contributed by atoms with E-state index in [0.29, 0.717) is 16.7 Å². The number of rotatable bonds is 2. The SMILES string of the molecule is CCC(C)N1CC(=O)Nc2cc(F)c(Br)cc21. The van der Waals surface area contributed by atoms with Crippen LogP contribution >= 0.6 is 15.9 Å². The average Bonchev–Trinajstić information content (AvgIpc) is 2.29. The van der Waals surface area contributed by atoms with Crippen LogP contribution in [0, 0.1) is 5.82 Å². The Labute approximate surface area is 108 Å². The number of nitrogens with one attached hydrogen (secondary N) is 1. The van der Waals surface area contributed by atoms with E-state index in [9.17, 15) is 9.18 Å². The minimum atomic E-state index is -0.366. The number of hydrogen-bond donors (Lipinski definition) is 1. The highest BCUT2D eigenvalue weighted by Crippen LogP contribution is 2.35. The van der Waals surface area contributed by atoms with E-state index in [-0.39, 0.29) is 17.8 Å². The Balaban J connectivity index is 2.48. The van der Waals surface area contributed by atoms with Crippen molar-refractivity contribution in [1.29, 1.82) is 0 Å². The maximum absolute atomic E-state index is 13.4. The monoisotopic (exact) mass is 300 g/mol. The highest BCUT2D eigenvalue weighted by molar-refractivity contribution is 9.10. The van der Waals surface area contributed by atoms with Crippen LogP contribution in [0.1, 0.15) is 20.3 Å². The molecule has 1 aliphatic heterocycles. The predicted molar refractivity (Wildman–Crippen MR) is 69.8 cm³/mol. The van der Waals surface area contributed by atoms with E-state index in [1.807, 2.05) is 4.90 Å². The Bertz CT molecular complexity index is 464. The number of carbonyl (C=O) groups excluding carboxylic acids is 1. The second-order valence-corrected chi connectivity index (χ2v) is 5.07. The zero-order chi connectivity index (χ0) is 12.6. The number of nitrogens with zero attached hydrogens (tertiary/aromatic N) is 1. The van der Waals surface area contributed by atoms with Crippen LogP contribution in [0.4, 0.5) is 15.8 Å². The molecule has 0 saturated carbocycles. The molecule has 0 bridgehead atoms. The van der Waals surface area contributed by atoms with E-state index in [1.54, 1.807) is 6.07 Å². The lowest BCUT2D eigenvalue weighted by atomic mass is 10.1. The highest BCUT2D eigenvalue weighted by Gasteiger charge is 2.26. The van der Waals surface area contributed by atoms with Crippen LogP contribution in [0.25, 0.3) is 0 Å². The van der Waals surface area contributed by atoms with Crippen LogP contribution in [-0.2, 0) is 4.79 Å². The van der Waals surface area contributed by atoms with Crippen molar-refractivity contribution in [3.63, 3.8) is 0 Å². The molecule has 1 unspecified atom stereocenters. The standard InChI is InChI=1S/C12H14BrFN2O/c1-3-7(2)16-6-12(17)15-10-5-9(14)8(13)4-11(10)16/h4-5,7H,3,6H2,1-2H3,(H,15,17). The van der Waals surface area contributed by atoms with E-state index in [0.717, 1.165) is 12.1 Å². The van der Waals surface area contributed by atoms with Crippen molar-refractivity contribution in [2.24, 2.45) is 0 Å². The lowest BCUT2D eigenvalue weighted by Crippen LogP contribution is -2.43. The average molecular weight is 301 g/mol. The van der Waals surface area contributed by atoms with E-state index >= 15 is 0 Å². The Hall–Kier alpha value is -1.10. The zero-order valence-electron chi connectivity index (χ0n) is 9.76. The molecular weight excluding hydrogens is 287 g/mol. The third-order valence-corrected chi connectivity index (χ3v) is 3.67. The minimum Gasteiger partial charge on any atom is -0.358 e. The highest BCUT2D eigenvalue weighted by atomic mass is 79.9. The maximum atomic E-state index is 13.4.